The molecule has 17 N–H and O–H groups in total. The largest absolute Gasteiger partial charge is 1.00 e. The van der Waals surface area contributed by atoms with Crippen LogP contribution in [0.3, 0.4) is 0 Å². The van der Waals surface area contributed by atoms with Gasteiger partial charge in [0.05, 0.1) is 67.7 Å². The summed E-state index contributed by atoms with van der Waals surface area (Å²) in [6.45, 7) is 27.4. The molecule has 0 saturated carbocycles. The number of hydroxylamine groups is 2. The van der Waals surface area contributed by atoms with Crippen LogP contribution in [0.25, 0.3) is 22.5 Å². The molecule has 8 amide bonds. The standard InChI is InChI=1S/C39H53N5O7.C30H39N5O4.C8H15NO4.C6H7NO5.C6H13NO2.CH2O3.CH4O.CH4S.CH4.Na.H2O.H3P.U/c1-38(2,3)33(41-36(48)50-7)31(45)23-29(22-26-14-10-9-11-15-26)32(46)25-44(43-35(47)34(39(4,5)6)42-37(49)51-8)24-27-17-19-28(20-18-27)30-16-12-13-21-40-30;1-30(2,3)27(33-29(38)39-4)28(37)34-35(20-26(36)24(31)18-21-10-6-5-7-11-21)19-22-13-15-23(16-14-22)25-12-8-9-17-32-25;1-8(2,3)5(6(10)11)9-7(12)13-4;1-11-6(10)12-7-4(8)2-3-5(7)9;1-6(2,3)4(7)5(8)9;2-1-4-3;2*1-2;;;;;/h9-21,29,32-34,46H,22-25H2,1-8H3,(H,41,48)(H,42,49)(H,43,47);5-17,24,26-27,36H,18-20,31H2,1-4H3,(H,33,38)(H,34,37);5H,1-4H3,(H,9,12)(H,10,11);2-3H2,1H3;4H,7H2,1-3H3,(H,8,9);1,3H;2*2H,1H3;1H4;;1H2;1H3;/q;;;;;;;;;+1;;;/p-1/t29-,32+,33-,34+;24-,26-,27-;5-;;4-;;;;;;;;/m101.0......../s1/i;;;;;;;;;;;1T2;/hD. The fourth-order valence-electron chi connectivity index (χ4n) is 11.8. The second-order valence-corrected chi connectivity index (χ2v) is 34.7. The molecule has 760 valence electrons. The maximum absolute atomic E-state index is 13.9. The van der Waals surface area contributed by atoms with Crippen LogP contribution in [0.1, 0.15) is 153 Å². The van der Waals surface area contributed by atoms with Gasteiger partial charge in [-0.05, 0) is 98.6 Å². The Kier molecular flexibility index (Phi) is 67.8. The van der Waals surface area contributed by atoms with Crippen LogP contribution in [-0.2, 0) is 97.7 Å². The molecule has 0 bridgehead atoms. The summed E-state index contributed by atoms with van der Waals surface area (Å²) in [6, 6.07) is 41.2. The number of nitrogens with zero attached hydrogens (tertiary/aromatic N) is 5. The van der Waals surface area contributed by atoms with Crippen molar-refractivity contribution in [2.24, 2.45) is 44.5 Å². The van der Waals surface area contributed by atoms with E-state index in [9.17, 15) is 67.7 Å². The number of Topliss-reactive ketones (excluding diaryl/α,β-unsaturated/α-hetero) is 1. The number of rotatable bonds is 31. The SMILES string of the molecule is C.CC(C)(C)[C@@H](N)C(=O)O.CO.COC(=O)N[C@@H](C(=O)NN(Cc1ccc(-c2ccccn2)cc1)C[C@H](O)[C@@H](N)Cc1ccccc1)C(C)(C)C.COC(=O)N[C@H](C(=O)C[C@@H](Cc1ccccc1)[C@@H](O)CN(Cc1ccc(-c2ccccn2)cc1)NC(=O)[C@H](NC(=O)OC)C(C)(C)C)C(C)(C)C.COC(=O)N[C@H](C(=O)O)C(C)(C)C.COC(=O)ON1C(=O)CCC1=O.O.O=CO[O-].[2H]SC.[3H]P[3H].[Na+].[U]. The molecular weight excluding hydrogens is 2060 g/mol. The summed E-state index contributed by atoms with van der Waals surface area (Å²) in [5.74, 6) is -4.85. The van der Waals surface area contributed by atoms with Crippen molar-refractivity contribution in [2.45, 2.75) is 205 Å². The number of aliphatic hydroxyl groups excluding tert-OH is 3. The number of carboxylic acid groups (broad SMARTS) is 2. The van der Waals surface area contributed by atoms with Gasteiger partial charge < -0.3 is 97.6 Å². The van der Waals surface area contributed by atoms with Crippen molar-refractivity contribution in [3.8, 4) is 22.5 Å². The fourth-order valence-corrected chi connectivity index (χ4v) is 11.8. The van der Waals surface area contributed by atoms with Gasteiger partial charge in [-0.2, -0.15) is 22.3 Å². The summed E-state index contributed by atoms with van der Waals surface area (Å²) in [5.41, 5.74) is 21.9. The number of aromatic nitrogens is 2. The number of hydrazine groups is 2. The number of carbonyl (C=O) groups excluding carboxylic acids is 11. The van der Waals surface area contributed by atoms with E-state index in [1.165, 1.54) is 28.4 Å². The monoisotopic (exact) mass is 2210 g/mol. The molecule has 2 aromatic heterocycles. The van der Waals surface area contributed by atoms with E-state index in [4.69, 9.17) is 54.7 Å². The van der Waals surface area contributed by atoms with Gasteiger partial charge in [0.15, 0.2) is 5.78 Å². The molecule has 0 unspecified atom stereocenters. The fraction of sp³-hybridized carbons (Fsp3) is 0.495. The molecule has 6 aromatic rings. The van der Waals surface area contributed by atoms with Crippen molar-refractivity contribution in [2.75, 3.05) is 62.0 Å². The van der Waals surface area contributed by atoms with Gasteiger partial charge >= 0.3 is 72.0 Å². The third-order valence-electron chi connectivity index (χ3n) is 19.0. The average molecular weight is 2210 g/mol. The Balaban J connectivity index is -0.000000439. The number of alkyl carbamates (subject to hydrolysis) is 4. The van der Waals surface area contributed by atoms with Gasteiger partial charge in [0.2, 0.25) is 0 Å². The van der Waals surface area contributed by atoms with E-state index >= 15 is 0 Å². The van der Waals surface area contributed by atoms with Crippen molar-refractivity contribution >= 4 is 101 Å². The van der Waals surface area contributed by atoms with E-state index in [0.29, 0.717) is 24.4 Å². The number of imide groups is 1. The third kappa shape index (κ3) is 54.9. The quantitative estimate of drug-likeness (QED) is 0.00307. The van der Waals surface area contributed by atoms with Crippen molar-refractivity contribution in [3.05, 3.63) is 180 Å². The summed E-state index contributed by atoms with van der Waals surface area (Å²) in [6.07, 6.45) is 0.0984. The Morgan fingerprint density at radius 3 is 1.14 bits per heavy atom. The number of carbonyl (C=O) groups is 13. The first-order valence-corrected chi connectivity index (χ1v) is 42.2. The molecule has 9 atom stereocenters. The second kappa shape index (κ2) is 70.7. The minimum atomic E-state index is -1.11. The summed E-state index contributed by atoms with van der Waals surface area (Å²) in [5, 5.41) is 69.3. The van der Waals surface area contributed by atoms with Crippen molar-refractivity contribution in [3.63, 3.8) is 0 Å². The first-order valence-electron chi connectivity index (χ1n) is 42.8. The number of aliphatic hydroxyl groups is 3. The van der Waals surface area contributed by atoms with Gasteiger partial charge in [-0.1, -0.05) is 238 Å². The Morgan fingerprint density at radius 1 is 0.533 bits per heavy atom. The summed E-state index contributed by atoms with van der Waals surface area (Å²) in [4.78, 5) is 166. The number of hydrogen-bond acceptors (Lipinski definition) is 31. The third-order valence-corrected chi connectivity index (χ3v) is 19.0. The van der Waals surface area contributed by atoms with Gasteiger partial charge in [0, 0.05) is 113 Å². The number of thiol groups is 1. The summed E-state index contributed by atoms with van der Waals surface area (Å²) >= 11 is 1.000. The number of ketones is 1. The van der Waals surface area contributed by atoms with E-state index in [-0.39, 0.29) is 130 Å². The molecule has 7 rings (SSSR count). The zero-order valence-electron chi connectivity index (χ0n) is 84.8. The van der Waals surface area contributed by atoms with Crippen LogP contribution in [0, 0.1) is 64.1 Å². The molecule has 0 radical (unpaired) electrons. The minimum Gasteiger partial charge on any atom is -0.662 e. The summed E-state index contributed by atoms with van der Waals surface area (Å²) < 4.78 is 40.6. The number of amides is 8. The molecule has 1 saturated heterocycles. The molecule has 0 spiro atoms. The number of aliphatic carboxylic acids is 2. The molecule has 1 aliphatic rings. The van der Waals surface area contributed by atoms with Crippen LogP contribution >= 0.6 is 22.3 Å². The first-order chi connectivity index (χ1) is 63.6. The zero-order chi connectivity index (χ0) is 104. The van der Waals surface area contributed by atoms with Crippen LogP contribution in [0.4, 0.5) is 24.0 Å². The van der Waals surface area contributed by atoms with E-state index < -0.39 is 152 Å². The predicted octanol–water partition coefficient (Wildman–Crippen LogP) is 5.17. The number of carboxylic acids is 2. The Hall–Kier alpha value is -9.84. The molecule has 44 heteroatoms. The van der Waals surface area contributed by atoms with Crippen molar-refractivity contribution in [1.29, 1.82) is 3.68 Å². The topological polar surface area (TPSA) is 602 Å². The number of methoxy groups -OCH3 is 5. The molecule has 4 aromatic carbocycles. The predicted molar refractivity (Wildman–Crippen MR) is 514 cm³/mol. The number of benzene rings is 4. The molecule has 137 heavy (non-hydrogen) atoms. The molecule has 1 fully saturated rings. The van der Waals surface area contributed by atoms with E-state index in [2.05, 4.69) is 61.3 Å². The van der Waals surface area contributed by atoms with Crippen LogP contribution in [0.5, 0.6) is 0 Å². The van der Waals surface area contributed by atoms with E-state index in [1.54, 1.807) is 70.2 Å². The second-order valence-electron chi connectivity index (χ2n) is 34.7. The molecule has 1 aliphatic heterocycles. The van der Waals surface area contributed by atoms with E-state index in [0.717, 1.165) is 71.5 Å². The Bertz CT molecular complexity index is 4530. The van der Waals surface area contributed by atoms with E-state index in [1.807, 2.05) is 208 Å². The average Bonchev–Trinajstić information content (AvgIpc) is 1.07. The van der Waals surface area contributed by atoms with Crippen LogP contribution in [-0.4, -0.2) is 249 Å². The first kappa shape index (κ1) is 131. The van der Waals surface area contributed by atoms with Crippen molar-refractivity contribution in [1.82, 2.24) is 57.2 Å². The van der Waals surface area contributed by atoms with Gasteiger partial charge in [-0.25, -0.2) is 38.8 Å². The van der Waals surface area contributed by atoms with Crippen LogP contribution < -0.4 is 78.4 Å². The summed E-state index contributed by atoms with van der Waals surface area (Å²) in [7, 11) is 6.58. The maximum Gasteiger partial charge on any atom is 1.00 e. The zero-order valence-corrected chi connectivity index (χ0v) is 89.7. The smallest absolute Gasteiger partial charge is 0.662 e. The Labute approximate surface area is 862 Å². The molecule has 0 aliphatic carbocycles. The van der Waals surface area contributed by atoms with Gasteiger partial charge in [0.25, 0.3) is 30.1 Å². The minimum absolute atomic E-state index is 0. The number of pyridine rings is 2. The van der Waals surface area contributed by atoms with Crippen molar-refractivity contribution < 1.29 is 193 Å². The molecular formula is C93H145N13NaO27PSU. The number of nitrogens with one attached hydrogen (secondary N) is 6. The van der Waals surface area contributed by atoms with Gasteiger partial charge in [0.1, 0.15) is 25.3 Å². The maximum atomic E-state index is 13.9. The van der Waals surface area contributed by atoms with Crippen LogP contribution in [0.15, 0.2) is 158 Å². The normalized spacial score (nSPS) is 13.4. The molecule has 3 heterocycles. The number of ether oxygens (including phenoxy) is 5. The van der Waals surface area contributed by atoms with Gasteiger partial charge in [-0.3, -0.25) is 59.2 Å². The Morgan fingerprint density at radius 2 is 0.854 bits per heavy atom. The number of nitrogens with two attached hydrogens (primary N) is 2. The molecule has 40 nitrogen and oxygen atoms in total. The number of hydrogen-bond donors (Lipinski definition) is 14. The van der Waals surface area contributed by atoms with Gasteiger partial charge in [-0.15, -0.1) is 0 Å². The van der Waals surface area contributed by atoms with Crippen LogP contribution in [0.2, 0.25) is 0 Å².